The first-order chi connectivity index (χ1) is 13.3. The molecule has 4 heteroatoms. The Balaban J connectivity index is 1.49. The zero-order chi connectivity index (χ0) is 20.1. The van der Waals surface area contributed by atoms with Crippen LogP contribution in [0.25, 0.3) is 0 Å². The fourth-order valence-corrected chi connectivity index (χ4v) is 3.14. The molecule has 2 N–H and O–H groups in total. The van der Waals surface area contributed by atoms with E-state index in [1.165, 1.54) is 16.7 Å². The van der Waals surface area contributed by atoms with Gasteiger partial charge < -0.3 is 10.6 Å². The fraction of sp³-hybridized carbons (Fsp3) is 0.292. The first-order valence-corrected chi connectivity index (χ1v) is 9.99. The average molecular weight is 394 g/mol. The summed E-state index contributed by atoms with van der Waals surface area (Å²) in [6, 6.07) is 16.5. The maximum absolute atomic E-state index is 5.94. The number of nitrogens with one attached hydrogen (secondary N) is 2. The van der Waals surface area contributed by atoms with Crippen LogP contribution in [-0.4, -0.2) is 12.4 Å². The molecule has 0 saturated carbocycles. The zero-order valence-corrected chi connectivity index (χ0v) is 17.6. The number of rotatable bonds is 6. The maximum Gasteiger partial charge on any atom is 0.126 e. The molecule has 1 aliphatic rings. The third-order valence-electron chi connectivity index (χ3n) is 4.84. The van der Waals surface area contributed by atoms with Crippen molar-refractivity contribution >= 4 is 23.1 Å². The predicted octanol–water partition coefficient (Wildman–Crippen LogP) is 5.98. The van der Waals surface area contributed by atoms with E-state index in [2.05, 4.69) is 85.5 Å². The van der Waals surface area contributed by atoms with E-state index < -0.39 is 0 Å². The van der Waals surface area contributed by atoms with Crippen molar-refractivity contribution < 1.29 is 0 Å². The van der Waals surface area contributed by atoms with E-state index in [4.69, 9.17) is 11.6 Å². The molecule has 0 spiro atoms. The normalized spacial score (nSPS) is 13.7. The van der Waals surface area contributed by atoms with Crippen LogP contribution in [0.1, 0.15) is 31.9 Å². The van der Waals surface area contributed by atoms with Gasteiger partial charge in [0.15, 0.2) is 0 Å². The Labute approximate surface area is 173 Å². The molecule has 3 rings (SSSR count). The number of nitrogens with zero attached hydrogens (tertiary/aromatic N) is 1. The van der Waals surface area contributed by atoms with Gasteiger partial charge in [0.1, 0.15) is 11.7 Å². The quantitative estimate of drug-likeness (QED) is 0.633. The van der Waals surface area contributed by atoms with Gasteiger partial charge in [0.2, 0.25) is 0 Å². The molecular formula is C24H28ClN3. The van der Waals surface area contributed by atoms with Gasteiger partial charge >= 0.3 is 0 Å². The molecule has 0 bridgehead atoms. The van der Waals surface area contributed by atoms with Crippen LogP contribution < -0.4 is 10.6 Å². The molecule has 0 aromatic heterocycles. The van der Waals surface area contributed by atoms with Gasteiger partial charge in [-0.1, -0.05) is 63.2 Å². The second-order valence-corrected chi connectivity index (χ2v) is 8.61. The lowest BCUT2D eigenvalue weighted by Gasteiger charge is -2.18. The predicted molar refractivity (Wildman–Crippen MR) is 121 cm³/mol. The topological polar surface area (TPSA) is 36.4 Å². The van der Waals surface area contributed by atoms with Crippen molar-refractivity contribution in [1.29, 1.82) is 0 Å². The Kier molecular flexibility index (Phi) is 6.25. The van der Waals surface area contributed by atoms with Gasteiger partial charge in [-0.3, -0.25) is 4.99 Å². The Morgan fingerprint density at radius 2 is 1.54 bits per heavy atom. The highest BCUT2D eigenvalue weighted by Crippen LogP contribution is 2.27. The van der Waals surface area contributed by atoms with Crippen molar-refractivity contribution in [2.75, 3.05) is 11.9 Å². The van der Waals surface area contributed by atoms with Crippen molar-refractivity contribution in [2.45, 2.75) is 33.6 Å². The van der Waals surface area contributed by atoms with E-state index >= 15 is 0 Å². The summed E-state index contributed by atoms with van der Waals surface area (Å²) >= 11 is 5.94. The van der Waals surface area contributed by atoms with E-state index in [9.17, 15) is 0 Å². The van der Waals surface area contributed by atoms with Crippen LogP contribution >= 0.6 is 11.6 Å². The molecular weight excluding hydrogens is 366 g/mol. The minimum Gasteiger partial charge on any atom is -0.342 e. The Bertz CT molecular complexity index is 885. The van der Waals surface area contributed by atoms with Crippen LogP contribution in [0.4, 0.5) is 5.69 Å². The highest BCUT2D eigenvalue weighted by molar-refractivity contribution is 6.30. The van der Waals surface area contributed by atoms with Crippen molar-refractivity contribution in [1.82, 2.24) is 5.32 Å². The SMILES string of the molecule is C=C(NC1=NCC(C(C)(C)C)=C1)Nc1ccc(CCc2ccc(Cl)cc2)cc1. The fourth-order valence-electron chi connectivity index (χ4n) is 3.01. The number of halogens is 1. The molecule has 0 aliphatic carbocycles. The molecule has 1 heterocycles. The van der Waals surface area contributed by atoms with Crippen molar-refractivity contribution in [3.8, 4) is 0 Å². The van der Waals surface area contributed by atoms with Crippen LogP contribution in [0.2, 0.25) is 5.02 Å². The molecule has 0 radical (unpaired) electrons. The van der Waals surface area contributed by atoms with Gasteiger partial charge in [0, 0.05) is 10.7 Å². The van der Waals surface area contributed by atoms with Crippen molar-refractivity contribution in [2.24, 2.45) is 10.4 Å². The average Bonchev–Trinajstić information content (AvgIpc) is 3.11. The zero-order valence-electron chi connectivity index (χ0n) is 16.8. The minimum absolute atomic E-state index is 0.142. The Hall–Kier alpha value is -2.52. The lowest BCUT2D eigenvalue weighted by Crippen LogP contribution is -2.24. The van der Waals surface area contributed by atoms with E-state index in [-0.39, 0.29) is 5.41 Å². The molecule has 2 aromatic carbocycles. The van der Waals surface area contributed by atoms with Gasteiger partial charge in [-0.2, -0.15) is 0 Å². The molecule has 0 saturated heterocycles. The minimum atomic E-state index is 0.142. The lowest BCUT2D eigenvalue weighted by atomic mass is 9.87. The Morgan fingerprint density at radius 3 is 2.07 bits per heavy atom. The largest absolute Gasteiger partial charge is 0.342 e. The van der Waals surface area contributed by atoms with E-state index in [1.807, 2.05) is 12.1 Å². The first kappa shape index (κ1) is 20.2. The maximum atomic E-state index is 5.94. The summed E-state index contributed by atoms with van der Waals surface area (Å²) in [4.78, 5) is 4.54. The van der Waals surface area contributed by atoms with Crippen LogP contribution in [0, 0.1) is 5.41 Å². The molecule has 146 valence electrons. The summed E-state index contributed by atoms with van der Waals surface area (Å²) in [7, 11) is 0. The number of aryl methyl sites for hydroxylation is 2. The number of anilines is 1. The van der Waals surface area contributed by atoms with E-state index in [0.717, 1.165) is 41.8 Å². The molecule has 0 fully saturated rings. The first-order valence-electron chi connectivity index (χ1n) is 9.61. The molecule has 0 unspecified atom stereocenters. The number of hydrogen-bond donors (Lipinski definition) is 2. The molecule has 0 amide bonds. The molecule has 3 nitrogen and oxygen atoms in total. The van der Waals surface area contributed by atoms with Gasteiger partial charge in [0.25, 0.3) is 0 Å². The summed E-state index contributed by atoms with van der Waals surface area (Å²) in [5.74, 6) is 1.58. The van der Waals surface area contributed by atoms with Crippen LogP contribution in [-0.2, 0) is 12.8 Å². The van der Waals surface area contributed by atoms with Gasteiger partial charge in [0.05, 0.1) is 6.54 Å². The number of aliphatic imine (C=N–C) groups is 1. The summed E-state index contributed by atoms with van der Waals surface area (Å²) in [5, 5.41) is 7.33. The van der Waals surface area contributed by atoms with Crippen LogP contribution in [0.3, 0.4) is 0 Å². The monoisotopic (exact) mass is 393 g/mol. The second kappa shape index (κ2) is 8.66. The molecule has 28 heavy (non-hydrogen) atoms. The van der Waals surface area contributed by atoms with E-state index in [0.29, 0.717) is 0 Å². The summed E-state index contributed by atoms with van der Waals surface area (Å²) in [6.07, 6.45) is 4.12. The standard InChI is InChI=1S/C24H28ClN3/c1-17(28-23-15-20(16-26-23)24(2,3)4)27-22-13-9-19(10-14-22)6-5-18-7-11-21(25)12-8-18/h7-15,27H,1,5-6,16H2,2-4H3,(H,26,28). The number of benzene rings is 2. The third-order valence-corrected chi connectivity index (χ3v) is 5.09. The highest BCUT2D eigenvalue weighted by Gasteiger charge is 2.20. The summed E-state index contributed by atoms with van der Waals surface area (Å²) in [6.45, 7) is 11.4. The molecule has 1 aliphatic heterocycles. The molecule has 0 atom stereocenters. The summed E-state index contributed by atoms with van der Waals surface area (Å²) in [5.41, 5.74) is 5.07. The second-order valence-electron chi connectivity index (χ2n) is 8.17. The van der Waals surface area contributed by atoms with Crippen LogP contribution in [0.15, 0.2) is 77.6 Å². The summed E-state index contributed by atoms with van der Waals surface area (Å²) < 4.78 is 0. The third kappa shape index (κ3) is 5.74. The van der Waals surface area contributed by atoms with E-state index in [1.54, 1.807) is 0 Å². The van der Waals surface area contributed by atoms with Crippen molar-refractivity contribution in [3.63, 3.8) is 0 Å². The van der Waals surface area contributed by atoms with Crippen LogP contribution in [0.5, 0.6) is 0 Å². The van der Waals surface area contributed by atoms with Gasteiger partial charge in [-0.15, -0.1) is 0 Å². The molecule has 2 aromatic rings. The number of amidine groups is 1. The van der Waals surface area contributed by atoms with Gasteiger partial charge in [-0.25, -0.2) is 0 Å². The lowest BCUT2D eigenvalue weighted by molar-refractivity contribution is 0.499. The Morgan fingerprint density at radius 1 is 0.964 bits per heavy atom. The van der Waals surface area contributed by atoms with Crippen molar-refractivity contribution in [3.05, 3.63) is 88.7 Å². The highest BCUT2D eigenvalue weighted by atomic mass is 35.5. The van der Waals surface area contributed by atoms with Gasteiger partial charge in [-0.05, 0) is 65.3 Å². The number of hydrogen-bond acceptors (Lipinski definition) is 3. The smallest absolute Gasteiger partial charge is 0.126 e.